The summed E-state index contributed by atoms with van der Waals surface area (Å²) in [6.07, 6.45) is 0. The summed E-state index contributed by atoms with van der Waals surface area (Å²) < 4.78 is 0. The third kappa shape index (κ3) is 5.62. The molecule has 0 N–H and O–H groups in total. The molecular weight excluding hydrogens is 284 g/mol. The van der Waals surface area contributed by atoms with Crippen molar-refractivity contribution in [1.82, 2.24) is 0 Å². The molecule has 1 aromatic rings. The third-order valence-corrected chi connectivity index (χ3v) is 3.32. The fourth-order valence-corrected chi connectivity index (χ4v) is 2.14. The summed E-state index contributed by atoms with van der Waals surface area (Å²) in [5.41, 5.74) is 2.99. The van der Waals surface area contributed by atoms with Gasteiger partial charge in [-0.05, 0) is 0 Å². The van der Waals surface area contributed by atoms with E-state index in [2.05, 4.69) is 27.7 Å². The van der Waals surface area contributed by atoms with Crippen LogP contribution in [0, 0.1) is 27.7 Å². The molecule has 1 rings (SSSR count). The predicted octanol–water partition coefficient (Wildman–Crippen LogP) is 5.29. The first-order valence-corrected chi connectivity index (χ1v) is 10.4. The van der Waals surface area contributed by atoms with Crippen LogP contribution in [0.25, 0.3) is 0 Å². The summed E-state index contributed by atoms with van der Waals surface area (Å²) in [6, 6.07) is 0. The summed E-state index contributed by atoms with van der Waals surface area (Å²) >= 11 is -1.77. The van der Waals surface area contributed by atoms with Gasteiger partial charge in [0.2, 0.25) is 0 Å². The van der Waals surface area contributed by atoms with Crippen LogP contribution in [0.2, 0.25) is 0 Å². The molecule has 0 radical (unpaired) electrons. The van der Waals surface area contributed by atoms with Crippen LogP contribution < -0.4 is 0 Å². The molecule has 0 bridgehead atoms. The van der Waals surface area contributed by atoms with Gasteiger partial charge in [0, 0.05) is 0 Å². The molecule has 0 spiro atoms. The van der Waals surface area contributed by atoms with Crippen molar-refractivity contribution in [3.8, 4) is 0 Å². The van der Waals surface area contributed by atoms with Gasteiger partial charge in [0.15, 0.2) is 0 Å². The first-order chi connectivity index (χ1) is 5.86. The molecule has 0 amide bonds. The zero-order chi connectivity index (χ0) is 10.6. The van der Waals surface area contributed by atoms with Crippen LogP contribution in [0.1, 0.15) is 21.7 Å². The van der Waals surface area contributed by atoms with Crippen LogP contribution in [0.3, 0.4) is 0 Å². The molecule has 0 nitrogen and oxygen atoms in total. The maximum absolute atomic E-state index is 4.95. The van der Waals surface area contributed by atoms with Crippen molar-refractivity contribution in [3.05, 3.63) is 21.7 Å². The van der Waals surface area contributed by atoms with Crippen molar-refractivity contribution < 1.29 is 12.3 Å². The summed E-state index contributed by atoms with van der Waals surface area (Å²) in [5, 5.41) is 3.04. The molecule has 0 aliphatic rings. The van der Waals surface area contributed by atoms with Gasteiger partial charge in [-0.1, -0.05) is 27.7 Å². The first-order valence-electron chi connectivity index (χ1n) is 3.70. The van der Waals surface area contributed by atoms with Gasteiger partial charge in [-0.25, -0.2) is 8.19 Å². The molecule has 1 aromatic heterocycles. The summed E-state index contributed by atoms with van der Waals surface area (Å²) in [5.74, 6) is 0. The van der Waals surface area contributed by atoms with Gasteiger partial charge in [-0.15, -0.1) is 5.30 Å². The van der Waals surface area contributed by atoms with Crippen molar-refractivity contribution in [2.75, 3.05) is 0 Å². The van der Waals surface area contributed by atoms with Crippen molar-refractivity contribution >= 4 is 37.7 Å². The Hall–Kier alpha value is 1.23. The molecule has 0 saturated carbocycles. The normalized spacial score (nSPS) is 10.5. The molecule has 0 saturated heterocycles. The van der Waals surface area contributed by atoms with E-state index < -0.39 is 12.3 Å². The topological polar surface area (TPSA) is 0 Å². The van der Waals surface area contributed by atoms with Gasteiger partial charge >= 0.3 is 41.8 Å². The Kier molecular flexibility index (Phi) is 7.30. The van der Waals surface area contributed by atoms with Crippen molar-refractivity contribution in [2.24, 2.45) is 0 Å². The molecule has 0 aliphatic heterocycles. The average molecular weight is 296 g/mol. The molecule has 0 aromatic carbocycles. The van der Waals surface area contributed by atoms with Crippen molar-refractivity contribution in [3.63, 3.8) is 0 Å². The van der Waals surface area contributed by atoms with Crippen LogP contribution >= 0.6 is 37.7 Å². The Morgan fingerprint density at radius 3 is 1.62 bits per heavy atom. The van der Waals surface area contributed by atoms with Gasteiger partial charge in [0.05, 0.1) is 0 Å². The number of halogens is 3. The van der Waals surface area contributed by atoms with Gasteiger partial charge < -0.3 is 0 Å². The van der Waals surface area contributed by atoms with Gasteiger partial charge in [-0.3, -0.25) is 0 Å². The number of hydrogen-bond donors (Lipinski definition) is 0. The van der Waals surface area contributed by atoms with Crippen molar-refractivity contribution in [2.45, 2.75) is 27.7 Å². The minimum atomic E-state index is -1.77. The molecule has 0 atom stereocenters. The van der Waals surface area contributed by atoms with Crippen LogP contribution in [0.5, 0.6) is 0 Å². The SMILES string of the molecule is Cc1p[c-](C)c(C)c1C.[Cl][V]([Cl])[Cl]. The number of aryl methyl sites for hydroxylation is 2. The van der Waals surface area contributed by atoms with Crippen LogP contribution in [0.15, 0.2) is 0 Å². The standard InChI is InChI=1S/C8H12P.3ClH.V/c1-5-6(2)8(4)9-7(5)3;;;;/h1-4H3;3*1H;/q-1;;;;+3/p-3. The van der Waals surface area contributed by atoms with E-state index >= 15 is 0 Å². The monoisotopic (exact) mass is 295 g/mol. The number of rotatable bonds is 0. The van der Waals surface area contributed by atoms with E-state index in [1.165, 1.54) is 29.9 Å². The average Bonchev–Trinajstić information content (AvgIpc) is 2.17. The first kappa shape index (κ1) is 14.2. The second kappa shape index (κ2) is 6.67. The van der Waals surface area contributed by atoms with E-state index in [1.807, 2.05) is 0 Å². The van der Waals surface area contributed by atoms with Gasteiger partial charge in [0.1, 0.15) is 0 Å². The van der Waals surface area contributed by atoms with Gasteiger partial charge in [-0.2, -0.15) is 16.4 Å². The summed E-state index contributed by atoms with van der Waals surface area (Å²) in [6.45, 7) is 8.82. The quantitative estimate of drug-likeness (QED) is 0.571. The fourth-order valence-electron chi connectivity index (χ4n) is 0.962. The zero-order valence-corrected chi connectivity index (χ0v) is 12.6. The minimum absolute atomic E-state index is 1.44. The van der Waals surface area contributed by atoms with E-state index in [9.17, 15) is 0 Å². The van der Waals surface area contributed by atoms with E-state index in [4.69, 9.17) is 29.5 Å². The molecular formula is C8H12Cl3PV-. The van der Waals surface area contributed by atoms with E-state index in [0.29, 0.717) is 0 Å². The van der Waals surface area contributed by atoms with Crippen LogP contribution in [-0.4, -0.2) is 0 Å². The van der Waals surface area contributed by atoms with Gasteiger partial charge in [0.25, 0.3) is 0 Å². The molecule has 76 valence electrons. The maximum atomic E-state index is 4.95. The Morgan fingerprint density at radius 1 is 1.15 bits per heavy atom. The van der Waals surface area contributed by atoms with E-state index in [1.54, 1.807) is 0 Å². The molecule has 0 unspecified atom stereocenters. The van der Waals surface area contributed by atoms with E-state index in [0.717, 1.165) is 0 Å². The summed E-state index contributed by atoms with van der Waals surface area (Å²) in [4.78, 5) is 0. The van der Waals surface area contributed by atoms with E-state index in [-0.39, 0.29) is 0 Å². The number of hydrogen-bond acceptors (Lipinski definition) is 0. The Bertz CT molecular complexity index is 245. The molecule has 1 heterocycles. The Morgan fingerprint density at radius 2 is 1.54 bits per heavy atom. The zero-order valence-electron chi connectivity index (χ0n) is 8.03. The van der Waals surface area contributed by atoms with Crippen LogP contribution in [0.4, 0.5) is 0 Å². The molecule has 0 aliphatic carbocycles. The second-order valence-corrected chi connectivity index (χ2v) is 11.2. The predicted molar refractivity (Wildman–Crippen MR) is 61.1 cm³/mol. The van der Waals surface area contributed by atoms with Crippen LogP contribution in [-0.2, 0) is 12.3 Å². The second-order valence-electron chi connectivity index (χ2n) is 2.72. The molecule has 5 heteroatoms. The summed E-state index contributed by atoms with van der Waals surface area (Å²) in [7, 11) is 16.3. The Labute approximate surface area is 98.9 Å². The van der Waals surface area contributed by atoms with Crippen molar-refractivity contribution in [1.29, 1.82) is 0 Å². The molecule has 13 heavy (non-hydrogen) atoms. The Balaban J connectivity index is 0.000000310. The fraction of sp³-hybridized carbons (Fsp3) is 0.500. The molecule has 0 fully saturated rings. The third-order valence-electron chi connectivity index (χ3n) is 1.98.